The molecule has 5 rings (SSSR count). The smallest absolute Gasteiger partial charge is 0.343 e. The molecule has 0 radical (unpaired) electrons. The van der Waals surface area contributed by atoms with Crippen molar-refractivity contribution in [2.45, 2.75) is 20.5 Å². The molecule has 2 aliphatic rings. The molecule has 0 bridgehead atoms. The van der Waals surface area contributed by atoms with Crippen LogP contribution in [0, 0.1) is 13.8 Å². The van der Waals surface area contributed by atoms with Crippen molar-refractivity contribution in [3.05, 3.63) is 92.1 Å². The third kappa shape index (κ3) is 4.05. The number of ether oxygens (including phenoxy) is 4. The Morgan fingerprint density at radius 2 is 1.91 bits per heavy atom. The summed E-state index contributed by atoms with van der Waals surface area (Å²) in [4.78, 5) is 25.7. The van der Waals surface area contributed by atoms with E-state index in [0.717, 1.165) is 15.6 Å². The minimum atomic E-state index is -0.465. The molecule has 0 N–H and O–H groups in total. The highest BCUT2D eigenvalue weighted by atomic mass is 79.9. The third-order valence-electron chi connectivity index (χ3n) is 5.51. The molecule has 3 aromatic carbocycles. The Morgan fingerprint density at radius 3 is 2.73 bits per heavy atom. The zero-order valence-corrected chi connectivity index (χ0v) is 19.5. The molecule has 0 aliphatic carbocycles. The van der Waals surface area contributed by atoms with E-state index in [1.54, 1.807) is 37.3 Å². The highest BCUT2D eigenvalue weighted by molar-refractivity contribution is 9.10. The van der Waals surface area contributed by atoms with Crippen molar-refractivity contribution in [2.24, 2.45) is 0 Å². The number of benzene rings is 3. The van der Waals surface area contributed by atoms with Crippen molar-refractivity contribution < 1.29 is 28.5 Å². The van der Waals surface area contributed by atoms with E-state index in [1.165, 1.54) is 0 Å². The Balaban J connectivity index is 1.46. The van der Waals surface area contributed by atoms with E-state index >= 15 is 0 Å². The third-order valence-corrected chi connectivity index (χ3v) is 5.97. The van der Waals surface area contributed by atoms with Gasteiger partial charge in [-0.05, 0) is 55.3 Å². The van der Waals surface area contributed by atoms with E-state index in [-0.39, 0.29) is 18.3 Å². The van der Waals surface area contributed by atoms with Crippen LogP contribution in [0.5, 0.6) is 17.2 Å². The van der Waals surface area contributed by atoms with Gasteiger partial charge < -0.3 is 18.9 Å². The number of hydrogen-bond acceptors (Lipinski definition) is 6. The quantitative estimate of drug-likeness (QED) is 0.255. The Morgan fingerprint density at radius 1 is 1.09 bits per heavy atom. The summed E-state index contributed by atoms with van der Waals surface area (Å²) >= 11 is 3.49. The molecule has 3 aromatic rings. The van der Waals surface area contributed by atoms with Gasteiger partial charge in [0, 0.05) is 21.7 Å². The van der Waals surface area contributed by atoms with Gasteiger partial charge in [-0.2, -0.15) is 0 Å². The van der Waals surface area contributed by atoms with E-state index in [9.17, 15) is 9.59 Å². The minimum absolute atomic E-state index is 0.147. The maximum atomic E-state index is 13.1. The van der Waals surface area contributed by atoms with E-state index in [2.05, 4.69) is 15.9 Å². The second-order valence-electron chi connectivity index (χ2n) is 7.85. The van der Waals surface area contributed by atoms with Crippen LogP contribution in [0.15, 0.2) is 58.8 Å². The highest BCUT2D eigenvalue weighted by Gasteiger charge is 2.31. The first-order chi connectivity index (χ1) is 15.9. The molecule has 0 amide bonds. The Labute approximate surface area is 198 Å². The van der Waals surface area contributed by atoms with Gasteiger partial charge in [-0.25, -0.2) is 4.79 Å². The van der Waals surface area contributed by atoms with Crippen molar-refractivity contribution in [1.82, 2.24) is 0 Å². The summed E-state index contributed by atoms with van der Waals surface area (Å²) < 4.78 is 23.3. The lowest BCUT2D eigenvalue weighted by atomic mass is 10.0. The number of allylic oxidation sites excluding steroid dienone is 1. The van der Waals surface area contributed by atoms with Crippen LogP contribution < -0.4 is 14.2 Å². The van der Waals surface area contributed by atoms with Crippen LogP contribution >= 0.6 is 15.9 Å². The van der Waals surface area contributed by atoms with Gasteiger partial charge in [0.15, 0.2) is 12.6 Å². The molecule has 0 spiro atoms. The van der Waals surface area contributed by atoms with Crippen molar-refractivity contribution >= 4 is 33.8 Å². The molecule has 2 heterocycles. The van der Waals surface area contributed by atoms with Gasteiger partial charge in [-0.15, -0.1) is 0 Å². The van der Waals surface area contributed by atoms with Crippen LogP contribution in [0.2, 0.25) is 0 Å². The summed E-state index contributed by atoms with van der Waals surface area (Å²) in [6, 6.07) is 14.2. The number of ketones is 1. The van der Waals surface area contributed by atoms with Crippen LogP contribution in [0.25, 0.3) is 6.08 Å². The lowest BCUT2D eigenvalue weighted by molar-refractivity contribution is -0.0165. The predicted octanol–water partition coefficient (Wildman–Crippen LogP) is 5.77. The average Bonchev–Trinajstić information content (AvgIpc) is 3.09. The fourth-order valence-electron chi connectivity index (χ4n) is 3.96. The van der Waals surface area contributed by atoms with Gasteiger partial charge >= 0.3 is 5.97 Å². The number of carbonyl (C=O) groups is 2. The summed E-state index contributed by atoms with van der Waals surface area (Å²) in [7, 11) is 0. The Hall–Kier alpha value is -3.42. The van der Waals surface area contributed by atoms with Gasteiger partial charge in [0.25, 0.3) is 0 Å². The lowest BCUT2D eigenvalue weighted by Crippen LogP contribution is -2.12. The minimum Gasteiger partial charge on any atom is -0.467 e. The van der Waals surface area contributed by atoms with E-state index in [0.29, 0.717) is 46.1 Å². The Bertz CT molecular complexity index is 1340. The average molecular weight is 507 g/mol. The summed E-state index contributed by atoms with van der Waals surface area (Å²) in [6.45, 7) is 4.21. The summed E-state index contributed by atoms with van der Waals surface area (Å²) in [5, 5.41) is 0. The number of fused-ring (bicyclic) bond motifs is 2. The van der Waals surface area contributed by atoms with Crippen LogP contribution in [0.4, 0.5) is 0 Å². The molecule has 6 nitrogen and oxygen atoms in total. The van der Waals surface area contributed by atoms with Crippen LogP contribution in [-0.2, 0) is 11.3 Å². The number of rotatable bonds is 3. The molecule has 2 aliphatic heterocycles. The zero-order chi connectivity index (χ0) is 23.1. The molecule has 0 fully saturated rings. The van der Waals surface area contributed by atoms with Crippen molar-refractivity contribution in [3.63, 3.8) is 0 Å². The van der Waals surface area contributed by atoms with Crippen LogP contribution in [-0.4, -0.2) is 18.5 Å². The largest absolute Gasteiger partial charge is 0.467 e. The highest BCUT2D eigenvalue weighted by Crippen LogP contribution is 2.39. The van der Waals surface area contributed by atoms with Gasteiger partial charge in [-0.1, -0.05) is 34.1 Å². The summed E-state index contributed by atoms with van der Waals surface area (Å²) in [5.41, 5.74) is 4.01. The van der Waals surface area contributed by atoms with Gasteiger partial charge in [0.2, 0.25) is 5.78 Å². The molecule has 0 saturated carbocycles. The first-order valence-electron chi connectivity index (χ1n) is 10.3. The first-order valence-corrected chi connectivity index (χ1v) is 11.1. The zero-order valence-electron chi connectivity index (χ0n) is 17.9. The fourth-order valence-corrected chi connectivity index (χ4v) is 4.48. The molecule has 33 heavy (non-hydrogen) atoms. The molecule has 0 aromatic heterocycles. The van der Waals surface area contributed by atoms with E-state index in [1.807, 2.05) is 31.2 Å². The summed E-state index contributed by atoms with van der Waals surface area (Å²) in [6.07, 6.45) is 1.66. The topological polar surface area (TPSA) is 71.1 Å². The van der Waals surface area contributed by atoms with Gasteiger partial charge in [-0.3, -0.25) is 4.79 Å². The number of aryl methyl sites for hydroxylation is 2. The number of hydrogen-bond donors (Lipinski definition) is 0. The standard InChI is InChI=1S/C26H19BrO6/c1-14-5-3-4-6-20(14)26(29)32-19-7-15(2)23-21(11-19)33-22(24(23)28)10-16-8-18(27)9-17-12-30-13-31-25(16)17/h3-11H,12-13H2,1-2H3/b22-10-. The SMILES string of the molecule is Cc1ccccc1C(=O)Oc1cc(C)c2c(c1)O/C(=C\c1cc(Br)cc3c1OCOC3)C2=O. The van der Waals surface area contributed by atoms with Crippen LogP contribution in [0.3, 0.4) is 0 Å². The van der Waals surface area contributed by atoms with Crippen molar-refractivity contribution in [1.29, 1.82) is 0 Å². The van der Waals surface area contributed by atoms with Gasteiger partial charge in [0.1, 0.15) is 17.2 Å². The monoisotopic (exact) mass is 506 g/mol. The predicted molar refractivity (Wildman–Crippen MR) is 125 cm³/mol. The molecule has 166 valence electrons. The molecular formula is C26H19BrO6. The number of Topliss-reactive ketones (excluding diaryl/α,β-unsaturated/α-hetero) is 1. The number of esters is 1. The first kappa shape index (κ1) is 21.4. The fraction of sp³-hybridized carbons (Fsp3) is 0.154. The molecular weight excluding hydrogens is 488 g/mol. The second kappa shape index (κ2) is 8.50. The lowest BCUT2D eigenvalue weighted by Gasteiger charge is -2.20. The normalized spacial score (nSPS) is 15.5. The van der Waals surface area contributed by atoms with Crippen molar-refractivity contribution in [3.8, 4) is 17.2 Å². The molecule has 7 heteroatoms. The van der Waals surface area contributed by atoms with Gasteiger partial charge in [0.05, 0.1) is 17.7 Å². The Kier molecular flexibility index (Phi) is 5.52. The molecule has 0 atom stereocenters. The van der Waals surface area contributed by atoms with Crippen LogP contribution in [0.1, 0.15) is 43.0 Å². The molecule has 0 saturated heterocycles. The van der Waals surface area contributed by atoms with E-state index in [4.69, 9.17) is 18.9 Å². The summed E-state index contributed by atoms with van der Waals surface area (Å²) in [5.74, 6) is 0.799. The maximum Gasteiger partial charge on any atom is 0.343 e. The van der Waals surface area contributed by atoms with E-state index < -0.39 is 5.97 Å². The molecule has 0 unspecified atom stereocenters. The maximum absolute atomic E-state index is 13.1. The second-order valence-corrected chi connectivity index (χ2v) is 8.77. The number of halogens is 1. The van der Waals surface area contributed by atoms with Crippen molar-refractivity contribution in [2.75, 3.05) is 6.79 Å². The number of carbonyl (C=O) groups excluding carboxylic acids is 2.